The fraction of sp³-hybridized carbons (Fsp3) is 0.917. The molecule has 1 unspecified atom stereocenters. The predicted molar refractivity (Wildman–Crippen MR) is 120 cm³/mol. The molecule has 0 aliphatic carbocycles. The molecule has 0 aliphatic rings. The zero-order chi connectivity index (χ0) is 22.3. The predicted octanol–water partition coefficient (Wildman–Crippen LogP) is 5.91. The van der Waals surface area contributed by atoms with Crippen LogP contribution in [0.15, 0.2) is 0 Å². The number of unbranched alkanes of at least 4 members (excludes halogenated alkanes) is 10. The van der Waals surface area contributed by atoms with E-state index in [9.17, 15) is 9.59 Å². The largest absolute Gasteiger partial charge is 0.481 e. The number of hydrogen-bond acceptors (Lipinski definition) is 5. The van der Waals surface area contributed by atoms with E-state index in [0.29, 0.717) is 26.2 Å². The van der Waals surface area contributed by atoms with Crippen LogP contribution in [0.25, 0.3) is 0 Å². The number of esters is 1. The van der Waals surface area contributed by atoms with Gasteiger partial charge in [0.25, 0.3) is 0 Å². The maximum absolute atomic E-state index is 11.8. The quantitative estimate of drug-likeness (QED) is 0.160. The van der Waals surface area contributed by atoms with Crippen molar-refractivity contribution in [2.45, 2.75) is 116 Å². The Morgan fingerprint density at radius 1 is 0.700 bits per heavy atom. The van der Waals surface area contributed by atoms with Crippen LogP contribution in [0.2, 0.25) is 0 Å². The van der Waals surface area contributed by atoms with Crippen molar-refractivity contribution in [1.29, 1.82) is 0 Å². The summed E-state index contributed by atoms with van der Waals surface area (Å²) in [6.07, 6.45) is 14.6. The van der Waals surface area contributed by atoms with Crippen LogP contribution in [0.3, 0.4) is 0 Å². The Balaban J connectivity index is 4.02. The third-order valence-corrected chi connectivity index (χ3v) is 5.00. The minimum atomic E-state index is -0.897. The molecule has 0 amide bonds. The number of rotatable bonds is 23. The van der Waals surface area contributed by atoms with Crippen LogP contribution >= 0.6 is 0 Å². The van der Waals surface area contributed by atoms with Crippen LogP contribution in [0.5, 0.6) is 0 Å². The van der Waals surface area contributed by atoms with Gasteiger partial charge in [0.1, 0.15) is 12.7 Å². The highest BCUT2D eigenvalue weighted by molar-refractivity contribution is 5.71. The zero-order valence-corrected chi connectivity index (χ0v) is 19.5. The summed E-state index contributed by atoms with van der Waals surface area (Å²) < 4.78 is 17.0. The Morgan fingerprint density at radius 2 is 1.27 bits per heavy atom. The summed E-state index contributed by atoms with van der Waals surface area (Å²) in [6.45, 7) is 6.37. The first-order valence-corrected chi connectivity index (χ1v) is 12.2. The first-order valence-electron chi connectivity index (χ1n) is 12.2. The Hall–Kier alpha value is -1.14. The van der Waals surface area contributed by atoms with Gasteiger partial charge in [0.15, 0.2) is 0 Å². The maximum Gasteiger partial charge on any atom is 0.305 e. The van der Waals surface area contributed by atoms with Gasteiger partial charge in [0, 0.05) is 26.1 Å². The highest BCUT2D eigenvalue weighted by Crippen LogP contribution is 2.08. The van der Waals surface area contributed by atoms with Gasteiger partial charge in [-0.1, -0.05) is 78.1 Å². The third kappa shape index (κ3) is 21.6. The van der Waals surface area contributed by atoms with Crippen LogP contribution in [-0.2, 0) is 23.8 Å². The molecule has 0 spiro atoms. The van der Waals surface area contributed by atoms with Gasteiger partial charge in [-0.3, -0.25) is 9.59 Å². The highest BCUT2D eigenvalue weighted by atomic mass is 16.6. The van der Waals surface area contributed by atoms with Gasteiger partial charge in [0.2, 0.25) is 0 Å². The van der Waals surface area contributed by atoms with E-state index in [4.69, 9.17) is 19.3 Å². The van der Waals surface area contributed by atoms with Crippen molar-refractivity contribution in [1.82, 2.24) is 0 Å². The molecule has 6 heteroatoms. The summed E-state index contributed by atoms with van der Waals surface area (Å²) in [5, 5.41) is 8.65. The lowest BCUT2D eigenvalue weighted by molar-refractivity contribution is -0.150. The summed E-state index contributed by atoms with van der Waals surface area (Å²) in [7, 11) is 0. The molecule has 0 saturated heterocycles. The van der Waals surface area contributed by atoms with E-state index in [0.717, 1.165) is 19.3 Å². The van der Waals surface area contributed by atoms with Crippen molar-refractivity contribution in [3.05, 3.63) is 0 Å². The molecule has 0 aromatic carbocycles. The van der Waals surface area contributed by atoms with Crippen molar-refractivity contribution in [3.63, 3.8) is 0 Å². The second-order valence-corrected chi connectivity index (χ2v) is 8.03. The van der Waals surface area contributed by atoms with Crippen LogP contribution in [0.1, 0.15) is 110 Å². The molecule has 0 fully saturated rings. The van der Waals surface area contributed by atoms with Crippen molar-refractivity contribution in [2.24, 2.45) is 0 Å². The lowest BCUT2D eigenvalue weighted by Gasteiger charge is -2.18. The molecule has 1 atom stereocenters. The number of carboxylic acids is 1. The second kappa shape index (κ2) is 22.5. The number of hydrogen-bond donors (Lipinski definition) is 1. The number of ether oxygens (including phenoxy) is 3. The summed E-state index contributed by atoms with van der Waals surface area (Å²) in [5.41, 5.74) is 0. The fourth-order valence-corrected chi connectivity index (χ4v) is 3.12. The van der Waals surface area contributed by atoms with E-state index in [1.807, 2.05) is 0 Å². The molecular formula is C24H46O6. The van der Waals surface area contributed by atoms with E-state index >= 15 is 0 Å². The van der Waals surface area contributed by atoms with Crippen molar-refractivity contribution < 1.29 is 28.9 Å². The molecule has 0 heterocycles. The number of carboxylic acid groups (broad SMARTS) is 1. The summed E-state index contributed by atoms with van der Waals surface area (Å²) in [4.78, 5) is 22.3. The molecule has 6 nitrogen and oxygen atoms in total. The minimum absolute atomic E-state index is 0.0194. The summed E-state index contributed by atoms with van der Waals surface area (Å²) in [5.74, 6) is -1.27. The average Bonchev–Trinajstić information content (AvgIpc) is 2.72. The van der Waals surface area contributed by atoms with Crippen LogP contribution < -0.4 is 0 Å². The zero-order valence-electron chi connectivity index (χ0n) is 19.5. The topological polar surface area (TPSA) is 82.1 Å². The Labute approximate surface area is 184 Å². The fourth-order valence-electron chi connectivity index (χ4n) is 3.12. The van der Waals surface area contributed by atoms with Gasteiger partial charge in [-0.2, -0.15) is 0 Å². The smallest absolute Gasteiger partial charge is 0.305 e. The van der Waals surface area contributed by atoms with Gasteiger partial charge >= 0.3 is 11.9 Å². The van der Waals surface area contributed by atoms with E-state index in [1.54, 1.807) is 0 Å². The molecule has 0 aromatic rings. The Morgan fingerprint density at radius 3 is 1.87 bits per heavy atom. The lowest BCUT2D eigenvalue weighted by atomic mass is 10.1. The molecule has 1 N–H and O–H groups in total. The number of carbonyl (C=O) groups is 2. The molecule has 178 valence electrons. The second-order valence-electron chi connectivity index (χ2n) is 8.03. The molecular weight excluding hydrogens is 384 g/mol. The molecule has 0 aromatic heterocycles. The van der Waals surface area contributed by atoms with Gasteiger partial charge in [-0.05, 0) is 19.3 Å². The third-order valence-electron chi connectivity index (χ3n) is 5.00. The van der Waals surface area contributed by atoms with Crippen LogP contribution in [0, 0.1) is 0 Å². The van der Waals surface area contributed by atoms with Crippen LogP contribution in [0.4, 0.5) is 0 Å². The van der Waals surface area contributed by atoms with Gasteiger partial charge in [-0.15, -0.1) is 0 Å². The SMILES string of the molecule is CCCCCCCCOCC(COC(=O)CCCC(=O)O)OCCCCCCCC. The maximum atomic E-state index is 11.8. The molecule has 0 rings (SSSR count). The Bertz CT molecular complexity index is 399. The standard InChI is InChI=1S/C24H46O6/c1-3-5-7-9-11-13-18-28-20-22(29-19-14-12-10-8-6-4-2)21-30-24(27)17-15-16-23(25)26/h22H,3-21H2,1-2H3,(H,25,26). The summed E-state index contributed by atoms with van der Waals surface area (Å²) >= 11 is 0. The van der Waals surface area contributed by atoms with Gasteiger partial charge < -0.3 is 19.3 Å². The Kier molecular flexibility index (Phi) is 21.7. The van der Waals surface area contributed by atoms with E-state index < -0.39 is 5.97 Å². The molecule has 0 radical (unpaired) electrons. The number of carbonyl (C=O) groups excluding carboxylic acids is 1. The lowest BCUT2D eigenvalue weighted by Crippen LogP contribution is -2.28. The molecule has 0 saturated carbocycles. The van der Waals surface area contributed by atoms with E-state index in [1.165, 1.54) is 57.8 Å². The highest BCUT2D eigenvalue weighted by Gasteiger charge is 2.13. The van der Waals surface area contributed by atoms with Crippen molar-refractivity contribution in [3.8, 4) is 0 Å². The molecule has 0 bridgehead atoms. The van der Waals surface area contributed by atoms with Gasteiger partial charge in [0.05, 0.1) is 6.61 Å². The van der Waals surface area contributed by atoms with Crippen LogP contribution in [-0.4, -0.2) is 49.6 Å². The van der Waals surface area contributed by atoms with E-state index in [2.05, 4.69) is 13.8 Å². The van der Waals surface area contributed by atoms with Crippen molar-refractivity contribution in [2.75, 3.05) is 26.4 Å². The first-order chi connectivity index (χ1) is 14.6. The first kappa shape index (κ1) is 28.9. The van der Waals surface area contributed by atoms with Gasteiger partial charge in [-0.25, -0.2) is 0 Å². The van der Waals surface area contributed by atoms with Crippen molar-refractivity contribution >= 4 is 11.9 Å². The summed E-state index contributed by atoms with van der Waals surface area (Å²) in [6, 6.07) is 0. The molecule has 0 aliphatic heterocycles. The van der Waals surface area contributed by atoms with E-state index in [-0.39, 0.29) is 31.5 Å². The normalized spacial score (nSPS) is 12.1. The number of aliphatic carboxylic acids is 1. The molecule has 30 heavy (non-hydrogen) atoms. The average molecular weight is 431 g/mol. The monoisotopic (exact) mass is 430 g/mol. The minimum Gasteiger partial charge on any atom is -0.481 e.